The largest absolute Gasteiger partial charge is 0.338 e. The van der Waals surface area contributed by atoms with Crippen LogP contribution in [0.5, 0.6) is 0 Å². The number of carbonyl (C=O) groups excluding carboxylic acids is 1. The van der Waals surface area contributed by atoms with Gasteiger partial charge < -0.3 is 4.90 Å². The maximum Gasteiger partial charge on any atom is 0.236 e. The molecule has 0 fully saturated rings. The summed E-state index contributed by atoms with van der Waals surface area (Å²) >= 11 is 3.42. The second kappa shape index (κ2) is 6.23. The zero-order valence-electron chi connectivity index (χ0n) is 9.51. The summed E-state index contributed by atoms with van der Waals surface area (Å²) in [6.45, 7) is 13.2. The van der Waals surface area contributed by atoms with E-state index in [2.05, 4.69) is 22.5 Å². The van der Waals surface area contributed by atoms with Crippen LogP contribution in [-0.2, 0) is 4.79 Å². The molecule has 0 radical (unpaired) electrons. The highest BCUT2D eigenvalue weighted by Crippen LogP contribution is 2.15. The third-order valence-electron chi connectivity index (χ3n) is 1.98. The molecule has 0 aliphatic carbocycles. The van der Waals surface area contributed by atoms with Gasteiger partial charge in [0.1, 0.15) is 0 Å². The molecule has 0 aromatic rings. The van der Waals surface area contributed by atoms with Gasteiger partial charge in [-0.25, -0.2) is 0 Å². The van der Waals surface area contributed by atoms with Crippen molar-refractivity contribution >= 4 is 21.8 Å². The summed E-state index contributed by atoms with van der Waals surface area (Å²) in [5.74, 6) is 0.479. The van der Waals surface area contributed by atoms with E-state index in [-0.39, 0.29) is 10.7 Å². The average molecular weight is 262 g/mol. The van der Waals surface area contributed by atoms with Crippen molar-refractivity contribution < 1.29 is 4.79 Å². The number of halogens is 1. The molecule has 3 heteroatoms. The first kappa shape index (κ1) is 13.7. The van der Waals surface area contributed by atoms with E-state index in [1.54, 1.807) is 0 Å². The van der Waals surface area contributed by atoms with Crippen molar-refractivity contribution in [2.75, 3.05) is 13.1 Å². The van der Waals surface area contributed by atoms with Crippen LogP contribution in [0.25, 0.3) is 0 Å². The molecule has 0 N–H and O–H groups in total. The normalized spacial score (nSPS) is 12.7. The number of hydrogen-bond acceptors (Lipinski definition) is 1. The molecule has 0 heterocycles. The molecule has 0 aliphatic rings. The van der Waals surface area contributed by atoms with Crippen LogP contribution >= 0.6 is 15.9 Å². The van der Waals surface area contributed by atoms with E-state index in [1.165, 1.54) is 0 Å². The number of likely N-dealkylation sites (N-methyl/N-ethyl adjacent to an activating group) is 1. The van der Waals surface area contributed by atoms with Crippen molar-refractivity contribution in [3.8, 4) is 0 Å². The Labute approximate surface area is 95.5 Å². The first-order chi connectivity index (χ1) is 6.40. The van der Waals surface area contributed by atoms with Crippen LogP contribution in [0.2, 0.25) is 0 Å². The van der Waals surface area contributed by atoms with Crippen molar-refractivity contribution in [3.63, 3.8) is 0 Å². The lowest BCUT2D eigenvalue weighted by molar-refractivity contribution is -0.130. The minimum atomic E-state index is -0.0817. The molecule has 2 nitrogen and oxygen atoms in total. The number of carbonyl (C=O) groups is 1. The molecular weight excluding hydrogens is 242 g/mol. The fourth-order valence-electron chi connectivity index (χ4n) is 1.13. The van der Waals surface area contributed by atoms with E-state index >= 15 is 0 Å². The van der Waals surface area contributed by atoms with Crippen molar-refractivity contribution in [3.05, 3.63) is 12.2 Å². The minimum Gasteiger partial charge on any atom is -0.338 e. The summed E-state index contributed by atoms with van der Waals surface area (Å²) in [6.07, 6.45) is 0. The fraction of sp³-hybridized carbons (Fsp3) is 0.727. The van der Waals surface area contributed by atoms with Gasteiger partial charge in [0.15, 0.2) is 0 Å². The quantitative estimate of drug-likeness (QED) is 0.551. The van der Waals surface area contributed by atoms with Crippen molar-refractivity contribution in [2.24, 2.45) is 5.92 Å². The van der Waals surface area contributed by atoms with Crippen LogP contribution in [0.3, 0.4) is 0 Å². The molecular formula is C11H20BrNO. The summed E-state index contributed by atoms with van der Waals surface area (Å²) in [6, 6.07) is 0. The van der Waals surface area contributed by atoms with Crippen LogP contribution in [0.15, 0.2) is 12.2 Å². The lowest BCUT2D eigenvalue weighted by Crippen LogP contribution is -2.39. The Hall–Kier alpha value is -0.310. The molecule has 0 aromatic carbocycles. The first-order valence-electron chi connectivity index (χ1n) is 4.97. The number of rotatable bonds is 5. The monoisotopic (exact) mass is 261 g/mol. The second-order valence-corrected chi connectivity index (χ2v) is 4.94. The molecule has 1 atom stereocenters. The Bertz CT molecular complexity index is 213. The van der Waals surface area contributed by atoms with Crippen LogP contribution in [0.4, 0.5) is 0 Å². The molecule has 0 saturated heterocycles. The predicted molar refractivity (Wildman–Crippen MR) is 64.6 cm³/mol. The van der Waals surface area contributed by atoms with Gasteiger partial charge in [0.2, 0.25) is 5.91 Å². The highest BCUT2D eigenvalue weighted by atomic mass is 79.9. The average Bonchev–Trinajstić information content (AvgIpc) is 2.11. The smallest absolute Gasteiger partial charge is 0.236 e. The van der Waals surface area contributed by atoms with Gasteiger partial charge in [-0.15, -0.1) is 0 Å². The lowest BCUT2D eigenvalue weighted by atomic mass is 10.1. The highest BCUT2D eigenvalue weighted by Gasteiger charge is 2.23. The van der Waals surface area contributed by atoms with E-state index in [4.69, 9.17) is 0 Å². The van der Waals surface area contributed by atoms with Crippen LogP contribution < -0.4 is 0 Å². The van der Waals surface area contributed by atoms with Gasteiger partial charge >= 0.3 is 0 Å². The zero-order chi connectivity index (χ0) is 11.3. The van der Waals surface area contributed by atoms with Gasteiger partial charge in [-0.1, -0.05) is 41.9 Å². The fourth-order valence-corrected chi connectivity index (χ4v) is 1.42. The Morgan fingerprint density at radius 3 is 2.29 bits per heavy atom. The molecule has 1 unspecified atom stereocenters. The van der Waals surface area contributed by atoms with E-state index in [0.29, 0.717) is 12.5 Å². The van der Waals surface area contributed by atoms with Gasteiger partial charge in [0.25, 0.3) is 0 Å². The van der Waals surface area contributed by atoms with Gasteiger partial charge in [0, 0.05) is 13.1 Å². The molecule has 82 valence electrons. The summed E-state index contributed by atoms with van der Waals surface area (Å²) in [4.78, 5) is 13.6. The zero-order valence-corrected chi connectivity index (χ0v) is 11.1. The van der Waals surface area contributed by atoms with Crippen molar-refractivity contribution in [1.29, 1.82) is 0 Å². The number of alkyl halides is 1. The van der Waals surface area contributed by atoms with E-state index in [9.17, 15) is 4.79 Å². The summed E-state index contributed by atoms with van der Waals surface area (Å²) < 4.78 is 0. The summed E-state index contributed by atoms with van der Waals surface area (Å²) in [5.41, 5.74) is 1.02. The first-order valence-corrected chi connectivity index (χ1v) is 5.89. The summed E-state index contributed by atoms with van der Waals surface area (Å²) in [5, 5.41) is 0. The van der Waals surface area contributed by atoms with Crippen LogP contribution in [0, 0.1) is 5.92 Å². The number of nitrogens with zero attached hydrogens (tertiary/aromatic N) is 1. The van der Waals surface area contributed by atoms with Crippen LogP contribution in [-0.4, -0.2) is 28.7 Å². The Morgan fingerprint density at radius 2 is 2.00 bits per heavy atom. The third kappa shape index (κ3) is 4.27. The maximum absolute atomic E-state index is 11.9. The maximum atomic E-state index is 11.9. The van der Waals surface area contributed by atoms with E-state index < -0.39 is 0 Å². The van der Waals surface area contributed by atoms with Crippen molar-refractivity contribution in [1.82, 2.24) is 4.90 Å². The molecule has 1 amide bonds. The minimum absolute atomic E-state index is 0.0817. The lowest BCUT2D eigenvalue weighted by Gasteiger charge is -2.25. The second-order valence-electron chi connectivity index (χ2n) is 3.96. The standard InChI is InChI=1S/C11H20BrNO/c1-6-13(7-8(2)3)11(14)10(12)9(4)5/h9-10H,2,6-7H2,1,3-5H3. The van der Waals surface area contributed by atoms with Gasteiger partial charge in [0.05, 0.1) is 4.83 Å². The third-order valence-corrected chi connectivity index (χ3v) is 3.42. The Balaban J connectivity index is 4.38. The predicted octanol–water partition coefficient (Wildman–Crippen LogP) is 2.83. The molecule has 0 aliphatic heterocycles. The van der Waals surface area contributed by atoms with Crippen LogP contribution in [0.1, 0.15) is 27.7 Å². The molecule has 0 aromatic heterocycles. The number of amides is 1. The van der Waals surface area contributed by atoms with E-state index in [0.717, 1.165) is 12.1 Å². The number of hydrogen-bond donors (Lipinski definition) is 0. The Kier molecular flexibility index (Phi) is 6.09. The topological polar surface area (TPSA) is 20.3 Å². The summed E-state index contributed by atoms with van der Waals surface area (Å²) in [7, 11) is 0. The molecule has 14 heavy (non-hydrogen) atoms. The molecule has 0 rings (SSSR count). The highest BCUT2D eigenvalue weighted by molar-refractivity contribution is 9.10. The SMILES string of the molecule is C=C(C)CN(CC)C(=O)C(Br)C(C)C. The van der Waals surface area contributed by atoms with Gasteiger partial charge in [-0.3, -0.25) is 4.79 Å². The molecule has 0 saturated carbocycles. The van der Waals surface area contributed by atoms with Crippen molar-refractivity contribution in [2.45, 2.75) is 32.5 Å². The van der Waals surface area contributed by atoms with Gasteiger partial charge in [-0.05, 0) is 19.8 Å². The molecule has 0 bridgehead atoms. The molecule has 0 spiro atoms. The van der Waals surface area contributed by atoms with Gasteiger partial charge in [-0.2, -0.15) is 0 Å². The van der Waals surface area contributed by atoms with E-state index in [1.807, 2.05) is 32.6 Å². The Morgan fingerprint density at radius 1 is 1.50 bits per heavy atom.